The third-order valence-corrected chi connectivity index (χ3v) is 4.16. The van der Waals surface area contributed by atoms with Crippen molar-refractivity contribution in [3.63, 3.8) is 0 Å². The summed E-state index contributed by atoms with van der Waals surface area (Å²) in [4.78, 5) is 8.96. The van der Waals surface area contributed by atoms with Crippen molar-refractivity contribution in [1.29, 1.82) is 0 Å². The molecule has 0 radical (unpaired) electrons. The Bertz CT molecular complexity index is 732. The summed E-state index contributed by atoms with van der Waals surface area (Å²) in [6.45, 7) is 5.83. The fourth-order valence-corrected chi connectivity index (χ4v) is 2.95. The Morgan fingerprint density at radius 1 is 1.22 bits per heavy atom. The van der Waals surface area contributed by atoms with Crippen LogP contribution >= 0.6 is 11.5 Å². The highest BCUT2D eigenvalue weighted by Crippen LogP contribution is 2.15. The van der Waals surface area contributed by atoms with Crippen LogP contribution in [0.1, 0.15) is 31.1 Å². The summed E-state index contributed by atoms with van der Waals surface area (Å²) in [6.07, 6.45) is 4.76. The summed E-state index contributed by atoms with van der Waals surface area (Å²) < 4.78 is 6.54. The van der Waals surface area contributed by atoms with Crippen LogP contribution in [-0.2, 0) is 19.5 Å². The van der Waals surface area contributed by atoms with Crippen molar-refractivity contribution in [1.82, 2.24) is 18.9 Å². The lowest BCUT2D eigenvalue weighted by molar-refractivity contribution is 0.627. The first kappa shape index (κ1) is 15.7. The second kappa shape index (κ2) is 7.37. The second-order valence-electron chi connectivity index (χ2n) is 5.92. The van der Waals surface area contributed by atoms with Crippen LogP contribution in [0.4, 0.5) is 5.13 Å². The number of hydrogen-bond donors (Lipinski definition) is 1. The molecule has 0 aliphatic heterocycles. The second-order valence-corrected chi connectivity index (χ2v) is 6.68. The summed E-state index contributed by atoms with van der Waals surface area (Å²) in [6, 6.07) is 10.4. The monoisotopic (exact) mass is 327 g/mol. The van der Waals surface area contributed by atoms with E-state index in [9.17, 15) is 0 Å². The molecule has 0 fully saturated rings. The smallest absolute Gasteiger partial charge is 0.202 e. The molecule has 0 amide bonds. The molecule has 0 spiro atoms. The minimum Gasteiger partial charge on any atom is -0.353 e. The highest BCUT2D eigenvalue weighted by Gasteiger charge is 2.08. The van der Waals surface area contributed by atoms with Gasteiger partial charge in [0.05, 0.1) is 6.54 Å². The molecule has 5 nitrogen and oxygen atoms in total. The summed E-state index contributed by atoms with van der Waals surface area (Å²) >= 11 is 1.41. The summed E-state index contributed by atoms with van der Waals surface area (Å²) in [5.41, 5.74) is 1.27. The van der Waals surface area contributed by atoms with Gasteiger partial charge in [0, 0.05) is 36.9 Å². The number of nitrogens with zero attached hydrogens (tertiary/aromatic N) is 4. The molecule has 1 N–H and O–H groups in total. The SMILES string of the molecule is CC(C)Cc1nsc(NCc2nccn2Cc2ccccc2)n1. The number of aromatic nitrogens is 4. The van der Waals surface area contributed by atoms with Gasteiger partial charge in [0.15, 0.2) is 0 Å². The molecular formula is C17H21N5S. The van der Waals surface area contributed by atoms with Gasteiger partial charge >= 0.3 is 0 Å². The van der Waals surface area contributed by atoms with Gasteiger partial charge in [-0.15, -0.1) is 0 Å². The van der Waals surface area contributed by atoms with Gasteiger partial charge in [-0.05, 0) is 11.5 Å². The van der Waals surface area contributed by atoms with Crippen LogP contribution in [-0.4, -0.2) is 18.9 Å². The van der Waals surface area contributed by atoms with Gasteiger partial charge in [0.1, 0.15) is 11.6 Å². The molecule has 6 heteroatoms. The maximum absolute atomic E-state index is 4.52. The van der Waals surface area contributed by atoms with Crippen LogP contribution in [0, 0.1) is 5.92 Å². The van der Waals surface area contributed by atoms with E-state index in [1.54, 1.807) is 0 Å². The fourth-order valence-electron chi connectivity index (χ4n) is 2.36. The highest BCUT2D eigenvalue weighted by molar-refractivity contribution is 7.09. The Morgan fingerprint density at radius 3 is 2.83 bits per heavy atom. The van der Waals surface area contributed by atoms with E-state index in [4.69, 9.17) is 0 Å². The molecule has 0 aliphatic carbocycles. The van der Waals surface area contributed by atoms with Crippen molar-refractivity contribution < 1.29 is 0 Å². The molecule has 0 aliphatic rings. The van der Waals surface area contributed by atoms with Crippen molar-refractivity contribution in [2.24, 2.45) is 5.92 Å². The molecule has 0 saturated carbocycles. The number of anilines is 1. The predicted octanol–water partition coefficient (Wildman–Crippen LogP) is 3.59. The first-order chi connectivity index (χ1) is 11.2. The number of imidazole rings is 1. The molecule has 2 heterocycles. The quantitative estimate of drug-likeness (QED) is 0.720. The molecule has 0 atom stereocenters. The minimum atomic E-state index is 0.572. The Labute approximate surface area is 140 Å². The van der Waals surface area contributed by atoms with Crippen LogP contribution in [0.2, 0.25) is 0 Å². The van der Waals surface area contributed by atoms with Gasteiger partial charge in [-0.3, -0.25) is 0 Å². The Hall–Kier alpha value is -2.21. The molecule has 0 saturated heterocycles. The van der Waals surface area contributed by atoms with Crippen LogP contribution in [0.15, 0.2) is 42.7 Å². The number of hydrogen-bond acceptors (Lipinski definition) is 5. The molecule has 1 aromatic carbocycles. The van der Waals surface area contributed by atoms with E-state index in [0.29, 0.717) is 12.5 Å². The van der Waals surface area contributed by atoms with E-state index in [1.165, 1.54) is 17.1 Å². The maximum atomic E-state index is 4.52. The highest BCUT2D eigenvalue weighted by atomic mass is 32.1. The number of nitrogens with one attached hydrogen (secondary N) is 1. The average molecular weight is 327 g/mol. The molecule has 23 heavy (non-hydrogen) atoms. The van der Waals surface area contributed by atoms with Gasteiger partial charge in [0.2, 0.25) is 5.13 Å². The molecule has 3 aromatic rings. The molecular weight excluding hydrogens is 306 g/mol. The van der Waals surface area contributed by atoms with Crippen LogP contribution in [0.3, 0.4) is 0 Å². The first-order valence-corrected chi connectivity index (χ1v) is 8.58. The predicted molar refractivity (Wildman–Crippen MR) is 93.5 cm³/mol. The zero-order valence-electron chi connectivity index (χ0n) is 13.4. The zero-order chi connectivity index (χ0) is 16.1. The lowest BCUT2D eigenvalue weighted by atomic mass is 10.1. The lowest BCUT2D eigenvalue weighted by Gasteiger charge is -2.08. The molecule has 2 aromatic heterocycles. The van der Waals surface area contributed by atoms with Gasteiger partial charge in [0.25, 0.3) is 0 Å². The van der Waals surface area contributed by atoms with E-state index < -0.39 is 0 Å². The molecule has 3 rings (SSSR count). The van der Waals surface area contributed by atoms with Crippen LogP contribution in [0.5, 0.6) is 0 Å². The van der Waals surface area contributed by atoms with Crippen molar-refractivity contribution >= 4 is 16.7 Å². The molecule has 120 valence electrons. The summed E-state index contributed by atoms with van der Waals surface area (Å²) in [5, 5.41) is 4.18. The maximum Gasteiger partial charge on any atom is 0.202 e. The lowest BCUT2D eigenvalue weighted by Crippen LogP contribution is -2.09. The Balaban J connectivity index is 1.61. The third-order valence-electron chi connectivity index (χ3n) is 3.45. The van der Waals surface area contributed by atoms with Gasteiger partial charge in [-0.1, -0.05) is 44.2 Å². The first-order valence-electron chi connectivity index (χ1n) is 7.81. The fraction of sp³-hybridized carbons (Fsp3) is 0.353. The third kappa shape index (κ3) is 4.39. The van der Waals surface area contributed by atoms with E-state index in [2.05, 4.69) is 62.3 Å². The summed E-state index contributed by atoms with van der Waals surface area (Å²) in [7, 11) is 0. The van der Waals surface area contributed by atoms with Crippen molar-refractivity contribution in [3.05, 3.63) is 59.9 Å². The van der Waals surface area contributed by atoms with E-state index in [0.717, 1.165) is 29.7 Å². The van der Waals surface area contributed by atoms with Crippen molar-refractivity contribution in [2.75, 3.05) is 5.32 Å². The van der Waals surface area contributed by atoms with Crippen LogP contribution < -0.4 is 5.32 Å². The summed E-state index contributed by atoms with van der Waals surface area (Å²) in [5.74, 6) is 2.48. The topological polar surface area (TPSA) is 55.6 Å². The minimum absolute atomic E-state index is 0.572. The van der Waals surface area contributed by atoms with Crippen molar-refractivity contribution in [2.45, 2.75) is 33.4 Å². The number of rotatable bonds is 7. The van der Waals surface area contributed by atoms with E-state index in [1.807, 2.05) is 18.5 Å². The largest absolute Gasteiger partial charge is 0.353 e. The molecule has 0 bridgehead atoms. The van der Waals surface area contributed by atoms with Gasteiger partial charge in [-0.25, -0.2) is 9.97 Å². The normalized spacial score (nSPS) is 11.1. The Morgan fingerprint density at radius 2 is 2.04 bits per heavy atom. The Kier molecular flexibility index (Phi) is 5.02. The van der Waals surface area contributed by atoms with E-state index >= 15 is 0 Å². The zero-order valence-corrected chi connectivity index (χ0v) is 14.3. The average Bonchev–Trinajstić information content (AvgIpc) is 3.15. The van der Waals surface area contributed by atoms with Gasteiger partial charge < -0.3 is 9.88 Å². The van der Waals surface area contributed by atoms with E-state index in [-0.39, 0.29) is 0 Å². The van der Waals surface area contributed by atoms with Gasteiger partial charge in [-0.2, -0.15) is 4.37 Å². The number of benzene rings is 1. The van der Waals surface area contributed by atoms with Crippen molar-refractivity contribution in [3.8, 4) is 0 Å². The molecule has 0 unspecified atom stereocenters. The van der Waals surface area contributed by atoms with Crippen LogP contribution in [0.25, 0.3) is 0 Å². The standard InChI is InChI=1S/C17H21N5S/c1-13(2)10-15-20-17(23-21-15)19-11-16-18-8-9-22(16)12-14-6-4-3-5-7-14/h3-9,13H,10-12H2,1-2H3,(H,19,20,21).